The Morgan fingerprint density at radius 3 is 3.00 bits per heavy atom. The number of nitrogens with zero attached hydrogens (tertiary/aromatic N) is 2. The van der Waals surface area contributed by atoms with Gasteiger partial charge in [0.05, 0.1) is 18.0 Å². The molecule has 0 saturated carbocycles. The molecule has 2 aromatic rings. The van der Waals surface area contributed by atoms with E-state index >= 15 is 0 Å². The van der Waals surface area contributed by atoms with Crippen LogP contribution in [0, 0.1) is 3.57 Å². The molecule has 3 nitrogen and oxygen atoms in total. The van der Waals surface area contributed by atoms with Gasteiger partial charge in [-0.15, -0.1) is 0 Å². The van der Waals surface area contributed by atoms with E-state index in [4.69, 9.17) is 4.74 Å². The van der Waals surface area contributed by atoms with Crippen LogP contribution in [-0.2, 0) is 6.54 Å². The highest BCUT2D eigenvalue weighted by Gasteiger charge is 2.10. The van der Waals surface area contributed by atoms with E-state index in [0.717, 1.165) is 11.9 Å². The van der Waals surface area contributed by atoms with Gasteiger partial charge in [-0.25, -0.2) is 4.98 Å². The van der Waals surface area contributed by atoms with Crippen molar-refractivity contribution in [3.8, 4) is 5.88 Å². The predicted octanol–water partition coefficient (Wildman–Crippen LogP) is 2.67. The Hall–Kier alpha value is -0.780. The lowest BCUT2D eigenvalue weighted by atomic mass is 10.3. The zero-order valence-electron chi connectivity index (χ0n) is 8.12. The monoisotopic (exact) mass is 302 g/mol. The van der Waals surface area contributed by atoms with Gasteiger partial charge < -0.3 is 9.30 Å². The van der Waals surface area contributed by atoms with Gasteiger partial charge in [-0.1, -0.05) is 0 Å². The minimum atomic E-state index is 0.708. The number of hydrogen-bond donors (Lipinski definition) is 0. The summed E-state index contributed by atoms with van der Waals surface area (Å²) >= 11 is 2.31. The van der Waals surface area contributed by atoms with E-state index in [1.807, 2.05) is 6.07 Å². The highest BCUT2D eigenvalue weighted by molar-refractivity contribution is 14.1. The summed E-state index contributed by atoms with van der Waals surface area (Å²) in [6.45, 7) is 3.09. The van der Waals surface area contributed by atoms with Crippen molar-refractivity contribution in [2.45, 2.75) is 13.5 Å². The topological polar surface area (TPSA) is 27.1 Å². The molecular weight excluding hydrogens is 291 g/mol. The van der Waals surface area contributed by atoms with Crippen LogP contribution in [-0.4, -0.2) is 16.7 Å². The average Bonchev–Trinajstić information content (AvgIpc) is 2.55. The summed E-state index contributed by atoms with van der Waals surface area (Å²) in [6.07, 6.45) is 3.90. The predicted molar refractivity (Wildman–Crippen MR) is 64.7 cm³/mol. The number of aryl methyl sites for hydroxylation is 1. The molecule has 0 amide bonds. The third kappa shape index (κ3) is 1.37. The van der Waals surface area contributed by atoms with Crippen LogP contribution in [0.5, 0.6) is 5.88 Å². The first-order chi connectivity index (χ1) is 6.77. The summed E-state index contributed by atoms with van der Waals surface area (Å²) in [5.74, 6) is 0.708. The largest absolute Gasteiger partial charge is 0.480 e. The number of halogens is 1. The highest BCUT2D eigenvalue weighted by atomic mass is 127. The van der Waals surface area contributed by atoms with Gasteiger partial charge in [-0.05, 0) is 35.6 Å². The summed E-state index contributed by atoms with van der Waals surface area (Å²) in [4.78, 5) is 4.19. The highest BCUT2D eigenvalue weighted by Crippen LogP contribution is 2.29. The first-order valence-corrected chi connectivity index (χ1v) is 5.53. The molecular formula is C10H11IN2O. The van der Waals surface area contributed by atoms with Crippen molar-refractivity contribution in [3.63, 3.8) is 0 Å². The zero-order chi connectivity index (χ0) is 10.1. The fourth-order valence-corrected chi connectivity index (χ4v) is 2.43. The average molecular weight is 302 g/mol. The van der Waals surface area contributed by atoms with Crippen LogP contribution in [0.1, 0.15) is 6.92 Å². The Bertz CT molecular complexity index is 464. The standard InChI is InChI=1S/C10H11IN2O/c1-3-13-6-7(11)9-8(13)4-5-12-10(9)14-2/h4-6H,3H2,1-2H3. The molecule has 74 valence electrons. The molecule has 0 aliphatic heterocycles. The molecule has 0 fully saturated rings. The second-order valence-corrected chi connectivity index (χ2v) is 4.14. The van der Waals surface area contributed by atoms with Gasteiger partial charge in [0.15, 0.2) is 0 Å². The van der Waals surface area contributed by atoms with Crippen molar-refractivity contribution in [2.24, 2.45) is 0 Å². The Morgan fingerprint density at radius 2 is 2.36 bits per heavy atom. The molecule has 14 heavy (non-hydrogen) atoms. The van der Waals surface area contributed by atoms with Gasteiger partial charge >= 0.3 is 0 Å². The van der Waals surface area contributed by atoms with Crippen molar-refractivity contribution in [1.29, 1.82) is 0 Å². The molecule has 0 spiro atoms. The molecule has 0 saturated heterocycles. The quantitative estimate of drug-likeness (QED) is 0.798. The van der Waals surface area contributed by atoms with Crippen molar-refractivity contribution < 1.29 is 4.74 Å². The summed E-state index contributed by atoms with van der Waals surface area (Å²) in [5, 5.41) is 1.11. The molecule has 0 unspecified atom stereocenters. The van der Waals surface area contributed by atoms with Crippen LogP contribution in [0.2, 0.25) is 0 Å². The fraction of sp³-hybridized carbons (Fsp3) is 0.300. The number of aromatic nitrogens is 2. The summed E-state index contributed by atoms with van der Waals surface area (Å²) in [6, 6.07) is 2.02. The third-order valence-electron chi connectivity index (χ3n) is 2.25. The van der Waals surface area contributed by atoms with Crippen molar-refractivity contribution in [2.75, 3.05) is 7.11 Å². The van der Waals surface area contributed by atoms with Crippen molar-refractivity contribution >= 4 is 33.5 Å². The van der Waals surface area contributed by atoms with E-state index in [2.05, 4.69) is 45.3 Å². The SMILES string of the molecule is CCn1cc(I)c2c(OC)nccc21. The van der Waals surface area contributed by atoms with E-state index in [1.165, 1.54) is 9.09 Å². The smallest absolute Gasteiger partial charge is 0.223 e. The van der Waals surface area contributed by atoms with E-state index in [1.54, 1.807) is 13.3 Å². The molecule has 2 heterocycles. The Labute approximate surface area is 96.2 Å². The minimum absolute atomic E-state index is 0.708. The van der Waals surface area contributed by atoms with Crippen LogP contribution in [0.25, 0.3) is 10.9 Å². The lowest BCUT2D eigenvalue weighted by Gasteiger charge is -2.02. The van der Waals surface area contributed by atoms with Gasteiger partial charge in [-0.2, -0.15) is 0 Å². The number of ether oxygens (including phenoxy) is 1. The molecule has 0 aliphatic rings. The number of rotatable bonds is 2. The second-order valence-electron chi connectivity index (χ2n) is 2.98. The first kappa shape index (κ1) is 9.76. The van der Waals surface area contributed by atoms with Crippen molar-refractivity contribution in [1.82, 2.24) is 9.55 Å². The summed E-state index contributed by atoms with van der Waals surface area (Å²) < 4.78 is 8.62. The van der Waals surface area contributed by atoms with Crippen LogP contribution >= 0.6 is 22.6 Å². The molecule has 0 bridgehead atoms. The molecule has 0 aliphatic carbocycles. The number of hydrogen-bond acceptors (Lipinski definition) is 2. The van der Waals surface area contributed by atoms with Crippen LogP contribution in [0.4, 0.5) is 0 Å². The van der Waals surface area contributed by atoms with E-state index in [0.29, 0.717) is 5.88 Å². The Kier molecular flexibility index (Phi) is 2.62. The number of methoxy groups -OCH3 is 1. The zero-order valence-corrected chi connectivity index (χ0v) is 10.3. The van der Waals surface area contributed by atoms with Crippen LogP contribution < -0.4 is 4.74 Å². The summed E-state index contributed by atoms with van der Waals surface area (Å²) in [5.41, 5.74) is 1.18. The maximum Gasteiger partial charge on any atom is 0.223 e. The maximum absolute atomic E-state index is 5.24. The van der Waals surface area contributed by atoms with E-state index in [-0.39, 0.29) is 0 Å². The lowest BCUT2D eigenvalue weighted by molar-refractivity contribution is 0.403. The van der Waals surface area contributed by atoms with Crippen LogP contribution in [0.3, 0.4) is 0 Å². The molecule has 0 radical (unpaired) electrons. The van der Waals surface area contributed by atoms with E-state index < -0.39 is 0 Å². The molecule has 2 rings (SSSR count). The molecule has 0 atom stereocenters. The van der Waals surface area contributed by atoms with Crippen molar-refractivity contribution in [3.05, 3.63) is 22.0 Å². The number of pyridine rings is 1. The summed E-state index contributed by atoms with van der Waals surface area (Å²) in [7, 11) is 1.65. The molecule has 0 N–H and O–H groups in total. The Balaban J connectivity index is 2.81. The van der Waals surface area contributed by atoms with Crippen LogP contribution in [0.15, 0.2) is 18.5 Å². The first-order valence-electron chi connectivity index (χ1n) is 4.45. The normalized spacial score (nSPS) is 10.8. The van der Waals surface area contributed by atoms with E-state index in [9.17, 15) is 0 Å². The van der Waals surface area contributed by atoms with Gasteiger partial charge in [-0.3, -0.25) is 0 Å². The maximum atomic E-state index is 5.24. The second kappa shape index (κ2) is 3.76. The fourth-order valence-electron chi connectivity index (χ4n) is 1.58. The Morgan fingerprint density at radius 1 is 1.57 bits per heavy atom. The third-order valence-corrected chi connectivity index (χ3v) is 3.06. The number of fused-ring (bicyclic) bond motifs is 1. The molecule has 2 aromatic heterocycles. The minimum Gasteiger partial charge on any atom is -0.480 e. The molecule has 0 aromatic carbocycles. The van der Waals surface area contributed by atoms with Gasteiger partial charge in [0.25, 0.3) is 0 Å². The van der Waals surface area contributed by atoms with Gasteiger partial charge in [0.1, 0.15) is 0 Å². The lowest BCUT2D eigenvalue weighted by Crippen LogP contribution is -1.92. The van der Waals surface area contributed by atoms with Gasteiger partial charge in [0, 0.05) is 22.5 Å². The van der Waals surface area contributed by atoms with Gasteiger partial charge in [0.2, 0.25) is 5.88 Å². The molecule has 4 heteroatoms.